The second-order valence-electron chi connectivity index (χ2n) is 8.57. The zero-order valence-electron chi connectivity index (χ0n) is 20.0. The van der Waals surface area contributed by atoms with Crippen molar-refractivity contribution in [1.29, 1.82) is 0 Å². The van der Waals surface area contributed by atoms with Crippen LogP contribution in [0.15, 0.2) is 69.9 Å². The summed E-state index contributed by atoms with van der Waals surface area (Å²) in [6.07, 6.45) is -0.290. The summed E-state index contributed by atoms with van der Waals surface area (Å²) >= 11 is 0. The zero-order valence-corrected chi connectivity index (χ0v) is 20.0. The quantitative estimate of drug-likeness (QED) is 0.242. The van der Waals surface area contributed by atoms with E-state index in [4.69, 9.17) is 13.9 Å². The van der Waals surface area contributed by atoms with E-state index in [2.05, 4.69) is 0 Å². The van der Waals surface area contributed by atoms with Crippen molar-refractivity contribution in [1.82, 2.24) is 0 Å². The van der Waals surface area contributed by atoms with Crippen LogP contribution in [0, 0.1) is 0 Å². The van der Waals surface area contributed by atoms with Crippen molar-refractivity contribution >= 4 is 16.9 Å². The van der Waals surface area contributed by atoms with Gasteiger partial charge in [0.15, 0.2) is 16.9 Å². The van der Waals surface area contributed by atoms with Crippen LogP contribution in [0.1, 0.15) is 37.3 Å². The molecule has 8 nitrogen and oxygen atoms in total. The number of hydrogen-bond acceptors (Lipinski definition) is 8. The molecule has 1 unspecified atom stereocenters. The van der Waals surface area contributed by atoms with Crippen molar-refractivity contribution < 1.29 is 34.0 Å². The van der Waals surface area contributed by atoms with Crippen LogP contribution >= 0.6 is 0 Å². The van der Waals surface area contributed by atoms with Crippen molar-refractivity contribution in [2.45, 2.75) is 32.3 Å². The van der Waals surface area contributed by atoms with E-state index in [1.807, 2.05) is 19.9 Å². The van der Waals surface area contributed by atoms with Crippen LogP contribution in [-0.4, -0.2) is 34.5 Å². The van der Waals surface area contributed by atoms with Gasteiger partial charge in [-0.2, -0.15) is 0 Å². The Kier molecular flexibility index (Phi) is 6.87. The van der Waals surface area contributed by atoms with Crippen molar-refractivity contribution in [3.8, 4) is 34.3 Å². The van der Waals surface area contributed by atoms with Crippen LogP contribution in [0.5, 0.6) is 23.0 Å². The van der Waals surface area contributed by atoms with Crippen molar-refractivity contribution in [3.05, 3.63) is 82.0 Å². The highest BCUT2D eigenvalue weighted by atomic mass is 16.5. The van der Waals surface area contributed by atoms with Crippen LogP contribution < -0.4 is 10.2 Å². The Hall–Kier alpha value is -4.46. The summed E-state index contributed by atoms with van der Waals surface area (Å²) in [6, 6.07) is 16.9. The number of esters is 1. The van der Waals surface area contributed by atoms with E-state index < -0.39 is 34.6 Å². The summed E-state index contributed by atoms with van der Waals surface area (Å²) < 4.78 is 16.6. The second-order valence-corrected chi connectivity index (χ2v) is 8.57. The lowest BCUT2D eigenvalue weighted by Gasteiger charge is -2.21. The smallest absolute Gasteiger partial charge is 0.306 e. The van der Waals surface area contributed by atoms with Crippen molar-refractivity contribution in [3.63, 3.8) is 0 Å². The first-order valence-electron chi connectivity index (χ1n) is 11.3. The number of phenolic OH excluding ortho intramolecular Hbond substituents is 3. The first-order chi connectivity index (χ1) is 17.2. The third-order valence-corrected chi connectivity index (χ3v) is 5.79. The van der Waals surface area contributed by atoms with E-state index in [0.717, 1.165) is 0 Å². The van der Waals surface area contributed by atoms with Crippen LogP contribution in [-0.2, 0) is 9.53 Å². The summed E-state index contributed by atoms with van der Waals surface area (Å²) in [7, 11) is 1.23. The Bertz CT molecular complexity index is 1450. The average Bonchev–Trinajstić information content (AvgIpc) is 2.87. The number of carbonyl (C=O) groups excluding carboxylic acids is 1. The van der Waals surface area contributed by atoms with E-state index in [1.165, 1.54) is 13.2 Å². The minimum Gasteiger partial charge on any atom is -0.504 e. The summed E-state index contributed by atoms with van der Waals surface area (Å²) in [5.74, 6) is -3.09. The third-order valence-electron chi connectivity index (χ3n) is 5.79. The molecule has 0 radical (unpaired) electrons. The van der Waals surface area contributed by atoms with E-state index >= 15 is 0 Å². The summed E-state index contributed by atoms with van der Waals surface area (Å²) in [5, 5.41) is 31.7. The Balaban J connectivity index is 2.01. The van der Waals surface area contributed by atoms with Gasteiger partial charge in [0.2, 0.25) is 5.75 Å². The molecule has 0 saturated carbocycles. The molecule has 4 rings (SSSR count). The molecule has 0 saturated heterocycles. The average molecular weight is 491 g/mol. The van der Waals surface area contributed by atoms with Gasteiger partial charge in [0.05, 0.1) is 19.6 Å². The van der Waals surface area contributed by atoms with Gasteiger partial charge in [0.25, 0.3) is 0 Å². The number of fused-ring (bicyclic) bond motifs is 1. The molecule has 3 aromatic carbocycles. The van der Waals surface area contributed by atoms with E-state index in [1.54, 1.807) is 48.5 Å². The Labute approximate surface area is 207 Å². The first-order valence-corrected chi connectivity index (χ1v) is 11.3. The molecule has 0 bridgehead atoms. The molecular weight excluding hydrogens is 464 g/mol. The van der Waals surface area contributed by atoms with Gasteiger partial charge in [-0.15, -0.1) is 0 Å². The molecule has 0 fully saturated rings. The predicted molar refractivity (Wildman–Crippen MR) is 134 cm³/mol. The van der Waals surface area contributed by atoms with Crippen LogP contribution in [0.3, 0.4) is 0 Å². The fourth-order valence-electron chi connectivity index (χ4n) is 4.13. The van der Waals surface area contributed by atoms with E-state index in [-0.39, 0.29) is 34.8 Å². The van der Waals surface area contributed by atoms with Crippen LogP contribution in [0.2, 0.25) is 0 Å². The van der Waals surface area contributed by atoms with E-state index in [9.17, 15) is 24.9 Å². The SMILES string of the molecule is COC(=O)CC(c1ccc(OC(C)C)cc1)c1c(O)c(O)c(O)c2c(=O)cc(-c3ccccc3)oc12. The fourth-order valence-corrected chi connectivity index (χ4v) is 4.13. The van der Waals surface area contributed by atoms with Gasteiger partial charge in [0.1, 0.15) is 22.5 Å². The van der Waals surface area contributed by atoms with Crippen LogP contribution in [0.25, 0.3) is 22.3 Å². The van der Waals surface area contributed by atoms with Gasteiger partial charge in [-0.3, -0.25) is 9.59 Å². The molecule has 1 heterocycles. The molecule has 1 aromatic heterocycles. The van der Waals surface area contributed by atoms with Gasteiger partial charge in [0, 0.05) is 23.1 Å². The monoisotopic (exact) mass is 490 g/mol. The highest BCUT2D eigenvalue weighted by molar-refractivity contribution is 5.93. The standard InChI is InChI=1S/C28H26O8/c1-15(2)35-18-11-9-16(10-12-18)19(13-22(30)34-3)23-25(31)27(33)26(32)24-20(29)14-21(36-28(23)24)17-7-5-4-6-8-17/h4-12,14-15,19,31-33H,13H2,1-3H3. The minimum absolute atomic E-state index is 0.0295. The number of aromatic hydroxyl groups is 3. The zero-order chi connectivity index (χ0) is 26.0. The molecule has 4 aromatic rings. The number of carbonyl (C=O) groups is 1. The second kappa shape index (κ2) is 10.0. The van der Waals surface area contributed by atoms with Gasteiger partial charge < -0.3 is 29.2 Å². The van der Waals surface area contributed by atoms with E-state index in [0.29, 0.717) is 16.9 Å². The minimum atomic E-state index is -0.895. The molecule has 0 aliphatic rings. The number of rotatable bonds is 7. The largest absolute Gasteiger partial charge is 0.504 e. The molecule has 1 atom stereocenters. The summed E-state index contributed by atoms with van der Waals surface area (Å²) in [4.78, 5) is 25.5. The van der Waals surface area contributed by atoms with Crippen LogP contribution in [0.4, 0.5) is 0 Å². The molecule has 3 N–H and O–H groups in total. The lowest BCUT2D eigenvalue weighted by molar-refractivity contribution is -0.140. The van der Waals surface area contributed by atoms with Crippen molar-refractivity contribution in [2.24, 2.45) is 0 Å². The predicted octanol–water partition coefficient (Wildman–Crippen LogP) is 5.06. The summed E-state index contributed by atoms with van der Waals surface area (Å²) in [6.45, 7) is 3.79. The first kappa shape index (κ1) is 24.7. The Morgan fingerprint density at radius 3 is 2.22 bits per heavy atom. The molecular formula is C28H26O8. The molecule has 8 heteroatoms. The Morgan fingerprint density at radius 1 is 0.944 bits per heavy atom. The molecule has 0 amide bonds. The fraction of sp³-hybridized carbons (Fsp3) is 0.214. The maximum atomic E-state index is 13.1. The number of phenols is 3. The number of hydrogen-bond donors (Lipinski definition) is 3. The number of ether oxygens (including phenoxy) is 2. The highest BCUT2D eigenvalue weighted by Gasteiger charge is 2.31. The Morgan fingerprint density at radius 2 is 1.61 bits per heavy atom. The maximum absolute atomic E-state index is 13.1. The lowest BCUT2D eigenvalue weighted by atomic mass is 9.86. The van der Waals surface area contributed by atoms with Gasteiger partial charge in [-0.1, -0.05) is 42.5 Å². The number of methoxy groups -OCH3 is 1. The summed E-state index contributed by atoms with van der Waals surface area (Å²) in [5.41, 5.74) is 0.352. The van der Waals surface area contributed by atoms with Crippen molar-refractivity contribution in [2.75, 3.05) is 7.11 Å². The normalized spacial score (nSPS) is 12.0. The maximum Gasteiger partial charge on any atom is 0.306 e. The van der Waals surface area contributed by atoms with Gasteiger partial charge in [-0.05, 0) is 31.5 Å². The lowest BCUT2D eigenvalue weighted by Crippen LogP contribution is -2.13. The third kappa shape index (κ3) is 4.70. The molecule has 0 spiro atoms. The highest BCUT2D eigenvalue weighted by Crippen LogP contribution is 2.49. The van der Waals surface area contributed by atoms with Gasteiger partial charge in [-0.25, -0.2) is 0 Å². The molecule has 186 valence electrons. The molecule has 0 aliphatic carbocycles. The number of benzene rings is 3. The van der Waals surface area contributed by atoms with Gasteiger partial charge >= 0.3 is 5.97 Å². The molecule has 0 aliphatic heterocycles. The topological polar surface area (TPSA) is 126 Å². The molecule has 36 heavy (non-hydrogen) atoms.